The summed E-state index contributed by atoms with van der Waals surface area (Å²) in [5.41, 5.74) is 1.46. The third-order valence-electron chi connectivity index (χ3n) is 5.37. The van der Waals surface area contributed by atoms with Crippen LogP contribution >= 0.6 is 0 Å². The van der Waals surface area contributed by atoms with Gasteiger partial charge in [-0.25, -0.2) is 4.79 Å². The van der Waals surface area contributed by atoms with Crippen molar-refractivity contribution in [3.05, 3.63) is 35.4 Å². The highest BCUT2D eigenvalue weighted by Crippen LogP contribution is 2.22. The van der Waals surface area contributed by atoms with E-state index in [1.165, 1.54) is 32.1 Å². The Bertz CT molecular complexity index is 611. The van der Waals surface area contributed by atoms with Crippen LogP contribution in [0.25, 0.3) is 0 Å². The molecular weight excluding hydrogens is 316 g/mol. The molecule has 1 saturated carbocycles. The molecule has 0 aromatic heterocycles. The number of hydrogen-bond acceptors (Lipinski definition) is 4. The lowest BCUT2D eigenvalue weighted by Crippen LogP contribution is -2.43. The van der Waals surface area contributed by atoms with Crippen molar-refractivity contribution in [1.82, 2.24) is 10.2 Å². The van der Waals surface area contributed by atoms with Gasteiger partial charge in [0, 0.05) is 19.0 Å². The number of rotatable bonds is 6. The highest BCUT2D eigenvalue weighted by Gasteiger charge is 2.30. The van der Waals surface area contributed by atoms with Crippen molar-refractivity contribution >= 4 is 11.9 Å². The van der Waals surface area contributed by atoms with E-state index in [2.05, 4.69) is 17.3 Å². The highest BCUT2D eigenvalue weighted by atomic mass is 16.5. The molecule has 1 unspecified atom stereocenters. The van der Waals surface area contributed by atoms with Crippen molar-refractivity contribution in [2.75, 3.05) is 20.1 Å². The summed E-state index contributed by atoms with van der Waals surface area (Å²) in [5.74, 6) is -0.595. The van der Waals surface area contributed by atoms with Crippen LogP contribution in [0.2, 0.25) is 0 Å². The van der Waals surface area contributed by atoms with Crippen LogP contribution in [0.15, 0.2) is 24.3 Å². The standard InChI is InChI=1S/C20H28N2O3/c1-22(16-9-3-2-4-10-16)13-7-12-21-19(23)18-14-15-8-5-6-11-17(15)20(24)25-18/h5-6,8,11,16,18H,2-4,7,9-10,12-14H2,1H3,(H,21,23). The maximum Gasteiger partial charge on any atom is 0.339 e. The fourth-order valence-corrected chi connectivity index (χ4v) is 3.84. The first-order valence-electron chi connectivity index (χ1n) is 9.42. The molecular formula is C20H28N2O3. The van der Waals surface area contributed by atoms with Gasteiger partial charge in [0.25, 0.3) is 5.91 Å². The Labute approximate surface area is 149 Å². The van der Waals surface area contributed by atoms with E-state index in [9.17, 15) is 9.59 Å². The monoisotopic (exact) mass is 344 g/mol. The summed E-state index contributed by atoms with van der Waals surface area (Å²) >= 11 is 0. The van der Waals surface area contributed by atoms with Crippen molar-refractivity contribution in [3.8, 4) is 0 Å². The number of esters is 1. The maximum absolute atomic E-state index is 12.3. The molecule has 5 heteroatoms. The predicted octanol–water partition coefficient (Wildman–Crippen LogP) is 2.54. The minimum Gasteiger partial charge on any atom is -0.448 e. The van der Waals surface area contributed by atoms with E-state index in [0.717, 1.165) is 18.5 Å². The Hall–Kier alpha value is -1.88. The van der Waals surface area contributed by atoms with Crippen molar-refractivity contribution in [1.29, 1.82) is 0 Å². The molecule has 1 fully saturated rings. The Morgan fingerprint density at radius 1 is 1.24 bits per heavy atom. The van der Waals surface area contributed by atoms with Crippen LogP contribution in [0.1, 0.15) is 54.4 Å². The smallest absolute Gasteiger partial charge is 0.339 e. The van der Waals surface area contributed by atoms with Gasteiger partial charge in [0.05, 0.1) is 5.56 Å². The summed E-state index contributed by atoms with van der Waals surface area (Å²) < 4.78 is 5.29. The fourth-order valence-electron chi connectivity index (χ4n) is 3.84. The van der Waals surface area contributed by atoms with E-state index >= 15 is 0 Å². The zero-order chi connectivity index (χ0) is 17.6. The number of cyclic esters (lactones) is 1. The minimum absolute atomic E-state index is 0.192. The second kappa shape index (κ2) is 8.48. The lowest BCUT2D eigenvalue weighted by atomic mass is 9.94. The molecule has 0 bridgehead atoms. The molecule has 1 atom stereocenters. The predicted molar refractivity (Wildman–Crippen MR) is 96.5 cm³/mol. The van der Waals surface area contributed by atoms with E-state index in [1.807, 2.05) is 18.2 Å². The zero-order valence-electron chi connectivity index (χ0n) is 15.0. The number of amides is 1. The molecule has 0 radical (unpaired) electrons. The van der Waals surface area contributed by atoms with E-state index in [0.29, 0.717) is 24.6 Å². The number of benzene rings is 1. The van der Waals surface area contributed by atoms with E-state index in [4.69, 9.17) is 4.74 Å². The first-order chi connectivity index (χ1) is 12.1. The quantitative estimate of drug-likeness (QED) is 0.636. The average Bonchev–Trinajstić information content (AvgIpc) is 2.65. The van der Waals surface area contributed by atoms with Crippen molar-refractivity contribution in [2.24, 2.45) is 0 Å². The van der Waals surface area contributed by atoms with Gasteiger partial charge < -0.3 is 15.0 Å². The van der Waals surface area contributed by atoms with Gasteiger partial charge in [-0.15, -0.1) is 0 Å². The minimum atomic E-state index is -0.710. The van der Waals surface area contributed by atoms with Crippen molar-refractivity contribution in [3.63, 3.8) is 0 Å². The number of nitrogens with one attached hydrogen (secondary N) is 1. The number of nitrogens with zero attached hydrogens (tertiary/aromatic N) is 1. The van der Waals surface area contributed by atoms with Crippen molar-refractivity contribution < 1.29 is 14.3 Å². The topological polar surface area (TPSA) is 58.6 Å². The number of fused-ring (bicyclic) bond motifs is 1. The molecule has 1 aliphatic carbocycles. The third kappa shape index (κ3) is 4.60. The Balaban J connectivity index is 1.40. The third-order valence-corrected chi connectivity index (χ3v) is 5.37. The number of carbonyl (C=O) groups is 2. The summed E-state index contributed by atoms with van der Waals surface area (Å²) in [4.78, 5) is 26.7. The average molecular weight is 344 g/mol. The molecule has 5 nitrogen and oxygen atoms in total. The molecule has 136 valence electrons. The number of hydrogen-bond donors (Lipinski definition) is 1. The van der Waals surface area contributed by atoms with Gasteiger partial charge in [-0.1, -0.05) is 37.5 Å². The second-order valence-corrected chi connectivity index (χ2v) is 7.17. The molecule has 1 heterocycles. The Morgan fingerprint density at radius 2 is 2.00 bits per heavy atom. The molecule has 25 heavy (non-hydrogen) atoms. The summed E-state index contributed by atoms with van der Waals surface area (Å²) in [7, 11) is 2.18. The summed E-state index contributed by atoms with van der Waals surface area (Å²) in [6, 6.07) is 8.01. The van der Waals surface area contributed by atoms with Crippen LogP contribution in [0.3, 0.4) is 0 Å². The second-order valence-electron chi connectivity index (χ2n) is 7.17. The maximum atomic E-state index is 12.3. The molecule has 0 spiro atoms. The van der Waals surface area contributed by atoms with Gasteiger partial charge in [-0.2, -0.15) is 0 Å². The Morgan fingerprint density at radius 3 is 2.80 bits per heavy atom. The number of carbonyl (C=O) groups excluding carboxylic acids is 2. The van der Waals surface area contributed by atoms with Crippen LogP contribution in [0.4, 0.5) is 0 Å². The first kappa shape index (κ1) is 17.9. The van der Waals surface area contributed by atoms with Gasteiger partial charge in [-0.05, 0) is 44.5 Å². The molecule has 1 N–H and O–H groups in total. The van der Waals surface area contributed by atoms with Gasteiger partial charge in [0.1, 0.15) is 0 Å². The number of ether oxygens (including phenoxy) is 1. The first-order valence-corrected chi connectivity index (χ1v) is 9.42. The molecule has 0 saturated heterocycles. The van der Waals surface area contributed by atoms with Crippen LogP contribution in [-0.2, 0) is 16.0 Å². The van der Waals surface area contributed by atoms with E-state index in [-0.39, 0.29) is 5.91 Å². The summed E-state index contributed by atoms with van der Waals surface area (Å²) in [6.45, 7) is 1.60. The molecule has 1 aromatic rings. The SMILES string of the molecule is CN(CCCNC(=O)C1Cc2ccccc2C(=O)O1)C1CCCCC1. The van der Waals surface area contributed by atoms with Gasteiger partial charge >= 0.3 is 5.97 Å². The van der Waals surface area contributed by atoms with Crippen LogP contribution in [0.5, 0.6) is 0 Å². The largest absolute Gasteiger partial charge is 0.448 e. The zero-order valence-corrected chi connectivity index (χ0v) is 15.0. The van der Waals surface area contributed by atoms with Crippen LogP contribution < -0.4 is 5.32 Å². The van der Waals surface area contributed by atoms with Gasteiger partial charge in [0.2, 0.25) is 0 Å². The van der Waals surface area contributed by atoms with E-state index in [1.54, 1.807) is 6.07 Å². The molecule has 1 aromatic carbocycles. The highest BCUT2D eigenvalue weighted by molar-refractivity contribution is 5.95. The van der Waals surface area contributed by atoms with E-state index < -0.39 is 12.1 Å². The lowest BCUT2D eigenvalue weighted by Gasteiger charge is -2.31. The fraction of sp³-hybridized carbons (Fsp3) is 0.600. The van der Waals surface area contributed by atoms with Gasteiger partial charge in [-0.3, -0.25) is 4.79 Å². The normalized spacial score (nSPS) is 20.9. The summed E-state index contributed by atoms with van der Waals surface area (Å²) in [5, 5.41) is 2.92. The summed E-state index contributed by atoms with van der Waals surface area (Å²) in [6.07, 6.45) is 7.27. The molecule has 1 aliphatic heterocycles. The molecule has 3 rings (SSSR count). The van der Waals surface area contributed by atoms with Gasteiger partial charge in [0.15, 0.2) is 6.10 Å². The van der Waals surface area contributed by atoms with Crippen LogP contribution in [-0.4, -0.2) is 49.1 Å². The van der Waals surface area contributed by atoms with Crippen LogP contribution in [0, 0.1) is 0 Å². The van der Waals surface area contributed by atoms with Crippen molar-refractivity contribution in [2.45, 2.75) is 57.1 Å². The lowest BCUT2D eigenvalue weighted by molar-refractivity contribution is -0.130. The Kier molecular flexibility index (Phi) is 6.08. The molecule has 1 amide bonds. The molecule has 2 aliphatic rings.